The first kappa shape index (κ1) is 17.2. The van der Waals surface area contributed by atoms with E-state index in [0.29, 0.717) is 36.9 Å². The van der Waals surface area contributed by atoms with E-state index in [1.807, 2.05) is 18.2 Å². The predicted molar refractivity (Wildman–Crippen MR) is 96.4 cm³/mol. The van der Waals surface area contributed by atoms with E-state index in [9.17, 15) is 13.2 Å². The molecular weight excluding hydrogens is 348 g/mol. The second-order valence-electron chi connectivity index (χ2n) is 5.61. The van der Waals surface area contributed by atoms with Gasteiger partial charge in [0.1, 0.15) is 0 Å². The maximum atomic E-state index is 12.6. The number of nitrogens with zero attached hydrogens (tertiary/aromatic N) is 2. The molecule has 1 saturated heterocycles. The lowest BCUT2D eigenvalue weighted by atomic mass is 10.2. The summed E-state index contributed by atoms with van der Waals surface area (Å²) in [6.45, 7) is 3.97. The summed E-state index contributed by atoms with van der Waals surface area (Å²) in [5, 5.41) is 0.882. The van der Waals surface area contributed by atoms with Crippen molar-refractivity contribution < 1.29 is 17.9 Å². The number of morpholine rings is 1. The van der Waals surface area contributed by atoms with Crippen molar-refractivity contribution in [3.8, 4) is 0 Å². The first-order valence-corrected chi connectivity index (χ1v) is 10.2. The second kappa shape index (κ2) is 6.70. The minimum atomic E-state index is -3.30. The van der Waals surface area contributed by atoms with Crippen molar-refractivity contribution in [1.29, 1.82) is 0 Å². The van der Waals surface area contributed by atoms with Crippen LogP contribution in [0.15, 0.2) is 24.3 Å². The summed E-state index contributed by atoms with van der Waals surface area (Å²) in [5.41, 5.74) is 0.604. The first-order chi connectivity index (χ1) is 11.4. The number of rotatable bonds is 4. The van der Waals surface area contributed by atoms with Crippen molar-refractivity contribution in [2.45, 2.75) is 6.92 Å². The number of fused-ring (bicyclic) bond motifs is 1. The molecule has 1 aliphatic heterocycles. The largest absolute Gasteiger partial charge is 0.378 e. The molecular formula is C16H20N2O4S2. The van der Waals surface area contributed by atoms with E-state index < -0.39 is 10.0 Å². The zero-order valence-corrected chi connectivity index (χ0v) is 15.3. The first-order valence-electron chi connectivity index (χ1n) is 7.79. The number of hydrogen-bond acceptors (Lipinski definition) is 5. The van der Waals surface area contributed by atoms with Gasteiger partial charge in [-0.1, -0.05) is 0 Å². The molecule has 1 aromatic carbocycles. The van der Waals surface area contributed by atoms with E-state index in [2.05, 4.69) is 0 Å². The van der Waals surface area contributed by atoms with Gasteiger partial charge in [0.15, 0.2) is 0 Å². The van der Waals surface area contributed by atoms with Crippen molar-refractivity contribution in [1.82, 2.24) is 4.90 Å². The third kappa shape index (κ3) is 3.26. The summed E-state index contributed by atoms with van der Waals surface area (Å²) < 4.78 is 31.6. The van der Waals surface area contributed by atoms with Crippen molar-refractivity contribution in [3.05, 3.63) is 29.1 Å². The molecule has 1 aliphatic rings. The van der Waals surface area contributed by atoms with E-state index in [4.69, 9.17) is 4.74 Å². The quantitative estimate of drug-likeness (QED) is 0.829. The number of sulfonamides is 1. The highest BCUT2D eigenvalue weighted by Crippen LogP contribution is 2.30. The number of ether oxygens (including phenoxy) is 1. The van der Waals surface area contributed by atoms with E-state index in [-0.39, 0.29) is 11.7 Å². The molecule has 1 fully saturated rings. The monoisotopic (exact) mass is 368 g/mol. The molecule has 0 spiro atoms. The number of thiophene rings is 1. The van der Waals surface area contributed by atoms with Crippen LogP contribution in [-0.4, -0.2) is 58.3 Å². The average Bonchev–Trinajstić information content (AvgIpc) is 3.04. The highest BCUT2D eigenvalue weighted by atomic mass is 32.2. The molecule has 8 heteroatoms. The molecule has 0 N–H and O–H groups in total. The maximum Gasteiger partial charge on any atom is 0.264 e. The van der Waals surface area contributed by atoms with Gasteiger partial charge in [0.05, 0.1) is 29.5 Å². The van der Waals surface area contributed by atoms with Crippen LogP contribution in [0.25, 0.3) is 10.1 Å². The Balaban J connectivity index is 1.90. The van der Waals surface area contributed by atoms with Crippen LogP contribution in [0, 0.1) is 0 Å². The Morgan fingerprint density at radius 2 is 2.00 bits per heavy atom. The standard InChI is InChI=1S/C16H20N2O4S2/c1-3-24(20,21)17(2)13-4-5-14-12(10-13)11-15(23-14)16(19)18-6-8-22-9-7-18/h4-5,10-11H,3,6-9H2,1-2H3. The number of carbonyl (C=O) groups excluding carboxylic acids is 1. The predicted octanol–water partition coefficient (Wildman–Crippen LogP) is 2.16. The van der Waals surface area contributed by atoms with Crippen LogP contribution in [0.3, 0.4) is 0 Å². The van der Waals surface area contributed by atoms with Crippen LogP contribution in [0.4, 0.5) is 5.69 Å². The summed E-state index contributed by atoms with van der Waals surface area (Å²) in [4.78, 5) is 15.0. The van der Waals surface area contributed by atoms with Crippen molar-refractivity contribution in [3.63, 3.8) is 0 Å². The Labute approximate surface area is 145 Å². The summed E-state index contributed by atoms with van der Waals surface area (Å²) in [6.07, 6.45) is 0. The van der Waals surface area contributed by atoms with Gasteiger partial charge in [-0.05, 0) is 36.6 Å². The number of amides is 1. The number of carbonyl (C=O) groups is 1. The number of hydrogen-bond donors (Lipinski definition) is 0. The molecule has 6 nitrogen and oxygen atoms in total. The van der Waals surface area contributed by atoms with Crippen molar-refractivity contribution in [2.75, 3.05) is 43.4 Å². The fourth-order valence-electron chi connectivity index (χ4n) is 2.61. The summed E-state index contributed by atoms with van der Waals surface area (Å²) in [6, 6.07) is 7.30. The maximum absolute atomic E-state index is 12.6. The Morgan fingerprint density at radius 3 is 2.67 bits per heavy atom. The summed E-state index contributed by atoms with van der Waals surface area (Å²) in [5.74, 6) is 0.0574. The smallest absolute Gasteiger partial charge is 0.264 e. The fourth-order valence-corrected chi connectivity index (χ4v) is 4.44. The molecule has 1 aromatic heterocycles. The zero-order chi connectivity index (χ0) is 17.3. The lowest BCUT2D eigenvalue weighted by Crippen LogP contribution is -2.40. The van der Waals surface area contributed by atoms with Gasteiger partial charge in [-0.15, -0.1) is 11.3 Å². The van der Waals surface area contributed by atoms with Crippen LogP contribution in [0.5, 0.6) is 0 Å². The van der Waals surface area contributed by atoms with Gasteiger partial charge in [-0.2, -0.15) is 0 Å². The van der Waals surface area contributed by atoms with Gasteiger partial charge < -0.3 is 9.64 Å². The molecule has 0 aliphatic carbocycles. The normalized spacial score (nSPS) is 15.7. The summed E-state index contributed by atoms with van der Waals surface area (Å²) in [7, 11) is -1.75. The molecule has 0 unspecified atom stereocenters. The molecule has 24 heavy (non-hydrogen) atoms. The third-order valence-electron chi connectivity index (χ3n) is 4.15. The molecule has 1 amide bonds. The summed E-state index contributed by atoms with van der Waals surface area (Å²) >= 11 is 1.43. The third-order valence-corrected chi connectivity index (χ3v) is 7.03. The second-order valence-corrected chi connectivity index (χ2v) is 8.98. The molecule has 2 heterocycles. The van der Waals surface area contributed by atoms with Gasteiger partial charge in [0, 0.05) is 24.8 Å². The molecule has 0 atom stereocenters. The lowest BCUT2D eigenvalue weighted by molar-refractivity contribution is 0.0306. The van der Waals surface area contributed by atoms with Crippen LogP contribution >= 0.6 is 11.3 Å². The molecule has 130 valence electrons. The van der Waals surface area contributed by atoms with Gasteiger partial charge in [0.25, 0.3) is 5.91 Å². The van der Waals surface area contributed by atoms with E-state index in [0.717, 1.165) is 10.1 Å². The Morgan fingerprint density at radius 1 is 1.29 bits per heavy atom. The van der Waals surface area contributed by atoms with E-state index >= 15 is 0 Å². The molecule has 0 saturated carbocycles. The SMILES string of the molecule is CCS(=O)(=O)N(C)c1ccc2sc(C(=O)N3CCOCC3)cc2c1. The Hall–Kier alpha value is -1.64. The minimum Gasteiger partial charge on any atom is -0.378 e. The van der Waals surface area contributed by atoms with Gasteiger partial charge in [-0.25, -0.2) is 8.42 Å². The van der Waals surface area contributed by atoms with Crippen LogP contribution < -0.4 is 4.31 Å². The van der Waals surface area contributed by atoms with Gasteiger partial charge in [0.2, 0.25) is 10.0 Å². The number of anilines is 1. The van der Waals surface area contributed by atoms with Crippen LogP contribution in [0.2, 0.25) is 0 Å². The molecule has 3 rings (SSSR count). The molecule has 0 bridgehead atoms. The van der Waals surface area contributed by atoms with Crippen LogP contribution in [0.1, 0.15) is 16.6 Å². The molecule has 0 radical (unpaired) electrons. The highest BCUT2D eigenvalue weighted by Gasteiger charge is 2.21. The number of benzene rings is 1. The topological polar surface area (TPSA) is 66.9 Å². The van der Waals surface area contributed by atoms with E-state index in [1.54, 1.807) is 24.9 Å². The zero-order valence-electron chi connectivity index (χ0n) is 13.7. The Kier molecular flexibility index (Phi) is 4.80. The van der Waals surface area contributed by atoms with E-state index in [1.165, 1.54) is 15.6 Å². The Bertz CT molecular complexity index is 854. The molecule has 2 aromatic rings. The van der Waals surface area contributed by atoms with Crippen molar-refractivity contribution in [2.24, 2.45) is 0 Å². The highest BCUT2D eigenvalue weighted by molar-refractivity contribution is 7.92. The average molecular weight is 368 g/mol. The van der Waals surface area contributed by atoms with Gasteiger partial charge >= 0.3 is 0 Å². The minimum absolute atomic E-state index is 0.00980. The lowest BCUT2D eigenvalue weighted by Gasteiger charge is -2.26. The van der Waals surface area contributed by atoms with Gasteiger partial charge in [-0.3, -0.25) is 9.10 Å². The van der Waals surface area contributed by atoms with Crippen molar-refractivity contribution >= 4 is 43.0 Å². The fraction of sp³-hybridized carbons (Fsp3) is 0.438. The van der Waals surface area contributed by atoms with Crippen LogP contribution in [-0.2, 0) is 14.8 Å².